The van der Waals surface area contributed by atoms with Crippen LogP contribution in [0.5, 0.6) is 0 Å². The number of hydrogen-bond acceptors (Lipinski definition) is 2. The Kier molecular flexibility index (Phi) is 5.36. The third kappa shape index (κ3) is 3.38. The van der Waals surface area contributed by atoms with Gasteiger partial charge < -0.3 is 5.73 Å². The van der Waals surface area contributed by atoms with Gasteiger partial charge in [0.25, 0.3) is 0 Å². The second kappa shape index (κ2) is 7.05. The number of thiol groups is 1. The lowest BCUT2D eigenvalue weighted by Gasteiger charge is -2.44. The van der Waals surface area contributed by atoms with Crippen molar-refractivity contribution in [3.05, 3.63) is 0 Å². The van der Waals surface area contributed by atoms with Crippen molar-refractivity contribution in [2.24, 2.45) is 29.4 Å². The molecule has 0 radical (unpaired) electrons. The summed E-state index contributed by atoms with van der Waals surface area (Å²) in [5.41, 5.74) is 6.63. The van der Waals surface area contributed by atoms with Crippen LogP contribution >= 0.6 is 12.6 Å². The minimum atomic E-state index is 0.485. The quantitative estimate of drug-likeness (QED) is 0.703. The number of hydrogen-bond donors (Lipinski definition) is 2. The third-order valence-electron chi connectivity index (χ3n) is 6.64. The molecule has 4 unspecified atom stereocenters. The molecule has 0 amide bonds. The molecule has 1 nitrogen and oxygen atoms in total. The minimum Gasteiger partial charge on any atom is -0.327 e. The highest BCUT2D eigenvalue weighted by Gasteiger charge is 2.38. The van der Waals surface area contributed by atoms with E-state index in [2.05, 4.69) is 0 Å². The predicted molar refractivity (Wildman–Crippen MR) is 90.1 cm³/mol. The fraction of sp³-hybridized carbons (Fsp3) is 1.00. The average Bonchev–Trinajstić information content (AvgIpc) is 2.48. The van der Waals surface area contributed by atoms with Crippen LogP contribution in [-0.2, 0) is 0 Å². The van der Waals surface area contributed by atoms with Gasteiger partial charge in [0.2, 0.25) is 0 Å². The normalized spacial score (nSPS) is 44.4. The summed E-state index contributed by atoms with van der Waals surface area (Å²) >= 11 is 4.88. The van der Waals surface area contributed by atoms with Gasteiger partial charge in [-0.2, -0.15) is 12.6 Å². The summed E-state index contributed by atoms with van der Waals surface area (Å²) in [6, 6.07) is 0.485. The van der Waals surface area contributed by atoms with Gasteiger partial charge in [0.15, 0.2) is 0 Å². The Morgan fingerprint density at radius 3 is 2.05 bits per heavy atom. The monoisotopic (exact) mass is 295 g/mol. The molecular weight excluding hydrogens is 262 g/mol. The SMILES string of the molecule is N[C@H]1CC(C2CCCCC2S)CCC1C1CCCCC1. The first-order valence-electron chi connectivity index (χ1n) is 9.19. The summed E-state index contributed by atoms with van der Waals surface area (Å²) in [5, 5.41) is 0.659. The van der Waals surface area contributed by atoms with Crippen molar-refractivity contribution in [3.8, 4) is 0 Å². The van der Waals surface area contributed by atoms with Gasteiger partial charge in [-0.15, -0.1) is 0 Å². The molecule has 3 saturated carbocycles. The molecule has 3 aliphatic carbocycles. The topological polar surface area (TPSA) is 26.0 Å². The molecular formula is C18H33NS. The summed E-state index contributed by atoms with van der Waals surface area (Å²) in [4.78, 5) is 0. The van der Waals surface area contributed by atoms with E-state index < -0.39 is 0 Å². The maximum absolute atomic E-state index is 6.63. The molecule has 0 bridgehead atoms. The first-order chi connectivity index (χ1) is 9.75. The van der Waals surface area contributed by atoms with Gasteiger partial charge in [0.1, 0.15) is 0 Å². The molecule has 0 aromatic rings. The van der Waals surface area contributed by atoms with Crippen molar-refractivity contribution in [2.75, 3.05) is 0 Å². The molecule has 2 N–H and O–H groups in total. The second-order valence-corrected chi connectivity index (χ2v) is 8.48. The highest BCUT2D eigenvalue weighted by molar-refractivity contribution is 7.81. The van der Waals surface area contributed by atoms with Gasteiger partial charge >= 0.3 is 0 Å². The van der Waals surface area contributed by atoms with E-state index in [0.717, 1.165) is 23.7 Å². The first-order valence-corrected chi connectivity index (χ1v) is 9.71. The fourth-order valence-electron chi connectivity index (χ4n) is 5.49. The average molecular weight is 296 g/mol. The Balaban J connectivity index is 1.55. The van der Waals surface area contributed by atoms with Crippen LogP contribution in [0.15, 0.2) is 0 Å². The maximum atomic E-state index is 6.63. The predicted octanol–water partition coefficient (Wildman–Crippen LogP) is 4.80. The Morgan fingerprint density at radius 2 is 1.35 bits per heavy atom. The van der Waals surface area contributed by atoms with Gasteiger partial charge in [-0.05, 0) is 55.8 Å². The molecule has 5 atom stereocenters. The molecule has 0 spiro atoms. The van der Waals surface area contributed by atoms with Crippen molar-refractivity contribution >= 4 is 12.6 Å². The maximum Gasteiger partial charge on any atom is 0.00725 e. The molecule has 0 heterocycles. The zero-order valence-corrected chi connectivity index (χ0v) is 13.9. The Bertz CT molecular complexity index is 300. The van der Waals surface area contributed by atoms with Gasteiger partial charge in [-0.1, -0.05) is 44.9 Å². The molecule has 2 heteroatoms. The Labute approximate surface area is 130 Å². The fourth-order valence-corrected chi connectivity index (χ4v) is 6.06. The van der Waals surface area contributed by atoms with Crippen molar-refractivity contribution < 1.29 is 0 Å². The second-order valence-electron chi connectivity index (χ2n) is 7.81. The summed E-state index contributed by atoms with van der Waals surface area (Å²) in [7, 11) is 0. The summed E-state index contributed by atoms with van der Waals surface area (Å²) in [5.74, 6) is 3.55. The molecule has 0 aromatic heterocycles. The number of rotatable bonds is 2. The minimum absolute atomic E-state index is 0.485. The van der Waals surface area contributed by atoms with Crippen LogP contribution in [0.2, 0.25) is 0 Å². The lowest BCUT2D eigenvalue weighted by molar-refractivity contribution is 0.106. The smallest absolute Gasteiger partial charge is 0.00725 e. The summed E-state index contributed by atoms with van der Waals surface area (Å²) < 4.78 is 0. The highest BCUT2D eigenvalue weighted by atomic mass is 32.1. The van der Waals surface area contributed by atoms with E-state index in [-0.39, 0.29) is 0 Å². The lowest BCUT2D eigenvalue weighted by atomic mass is 9.64. The van der Waals surface area contributed by atoms with E-state index in [1.165, 1.54) is 77.0 Å². The molecule has 3 fully saturated rings. The zero-order chi connectivity index (χ0) is 13.9. The van der Waals surface area contributed by atoms with Crippen LogP contribution in [0.25, 0.3) is 0 Å². The van der Waals surface area contributed by atoms with E-state index >= 15 is 0 Å². The molecule has 0 aromatic carbocycles. The van der Waals surface area contributed by atoms with E-state index in [4.69, 9.17) is 18.4 Å². The Morgan fingerprint density at radius 1 is 0.650 bits per heavy atom. The van der Waals surface area contributed by atoms with Crippen LogP contribution in [0.1, 0.15) is 77.0 Å². The number of nitrogens with two attached hydrogens (primary N) is 1. The van der Waals surface area contributed by atoms with Gasteiger partial charge in [0, 0.05) is 11.3 Å². The molecule has 116 valence electrons. The van der Waals surface area contributed by atoms with Crippen molar-refractivity contribution in [2.45, 2.75) is 88.3 Å². The Hall–Kier alpha value is 0.310. The van der Waals surface area contributed by atoms with Gasteiger partial charge in [-0.25, -0.2) is 0 Å². The van der Waals surface area contributed by atoms with Crippen molar-refractivity contribution in [3.63, 3.8) is 0 Å². The van der Waals surface area contributed by atoms with Crippen molar-refractivity contribution in [1.82, 2.24) is 0 Å². The van der Waals surface area contributed by atoms with Crippen LogP contribution < -0.4 is 5.73 Å². The summed E-state index contributed by atoms with van der Waals surface area (Å²) in [6.07, 6.45) is 17.0. The lowest BCUT2D eigenvalue weighted by Crippen LogP contribution is -2.44. The van der Waals surface area contributed by atoms with Crippen LogP contribution in [-0.4, -0.2) is 11.3 Å². The van der Waals surface area contributed by atoms with Crippen LogP contribution in [0.4, 0.5) is 0 Å². The van der Waals surface area contributed by atoms with Gasteiger partial charge in [-0.3, -0.25) is 0 Å². The van der Waals surface area contributed by atoms with E-state index in [1.807, 2.05) is 0 Å². The van der Waals surface area contributed by atoms with E-state index in [0.29, 0.717) is 11.3 Å². The molecule has 3 rings (SSSR count). The largest absolute Gasteiger partial charge is 0.327 e. The van der Waals surface area contributed by atoms with Crippen LogP contribution in [0, 0.1) is 23.7 Å². The first kappa shape index (κ1) is 15.2. The van der Waals surface area contributed by atoms with E-state index in [9.17, 15) is 0 Å². The summed E-state index contributed by atoms with van der Waals surface area (Å²) in [6.45, 7) is 0. The molecule has 0 saturated heterocycles. The highest BCUT2D eigenvalue weighted by Crippen LogP contribution is 2.45. The molecule has 20 heavy (non-hydrogen) atoms. The molecule has 0 aliphatic heterocycles. The zero-order valence-electron chi connectivity index (χ0n) is 13.0. The van der Waals surface area contributed by atoms with E-state index in [1.54, 1.807) is 0 Å². The standard InChI is InChI=1S/C18H33NS/c19-17-12-14(16-8-4-5-9-18(16)20)10-11-15(17)13-6-2-1-3-7-13/h13-18,20H,1-12,19H2/t14?,15?,16?,17-,18?/m0/s1. The molecule has 3 aliphatic rings. The van der Waals surface area contributed by atoms with Crippen LogP contribution in [0.3, 0.4) is 0 Å². The van der Waals surface area contributed by atoms with Gasteiger partial charge in [0.05, 0.1) is 0 Å². The van der Waals surface area contributed by atoms with Crippen molar-refractivity contribution in [1.29, 1.82) is 0 Å². The third-order valence-corrected chi connectivity index (χ3v) is 7.28.